The molecule has 0 saturated heterocycles. The zero-order valence-electron chi connectivity index (χ0n) is 5.34. The Morgan fingerprint density at radius 2 is 2.20 bits per heavy atom. The first-order chi connectivity index (χ1) is 4.74. The van der Waals surface area contributed by atoms with Crippen LogP contribution in [0.2, 0.25) is 5.02 Å². The predicted octanol–water partition coefficient (Wildman–Crippen LogP) is 1.03. The van der Waals surface area contributed by atoms with Crippen LogP contribution in [0.4, 0.5) is 5.69 Å². The Kier molecular flexibility index (Phi) is 2.14. The number of aromatic hydroxyl groups is 1. The van der Waals surface area contributed by atoms with Crippen LogP contribution < -0.4 is 5.32 Å². The smallest absolute Gasteiger partial charge is 0.122 e. The number of phenolic OH excluding ortho intramolecular Hbond substituents is 1. The molecule has 10 heavy (non-hydrogen) atoms. The molecule has 1 rings (SSSR count). The molecule has 0 aliphatic rings. The third-order valence-corrected chi connectivity index (χ3v) is 1.53. The van der Waals surface area contributed by atoms with Crippen LogP contribution in [0.25, 0.3) is 0 Å². The molecule has 0 fully saturated rings. The van der Waals surface area contributed by atoms with Gasteiger partial charge in [0.15, 0.2) is 0 Å². The van der Waals surface area contributed by atoms with Gasteiger partial charge in [0.25, 0.3) is 0 Å². The van der Waals surface area contributed by atoms with Crippen molar-refractivity contribution in [2.45, 2.75) is 0 Å². The Morgan fingerprint density at radius 3 is 2.70 bits per heavy atom. The molecule has 0 spiro atoms. The largest absolute Gasteiger partial charge is 0.508 e. The summed E-state index contributed by atoms with van der Waals surface area (Å²) in [5.74, 6) is 0.176. The molecule has 0 aliphatic carbocycles. The van der Waals surface area contributed by atoms with Crippen molar-refractivity contribution in [2.75, 3.05) is 0 Å². The first-order valence-corrected chi connectivity index (χ1v) is 3.23. The van der Waals surface area contributed by atoms with Crippen LogP contribution in [0.1, 0.15) is 0 Å². The van der Waals surface area contributed by atoms with E-state index in [4.69, 9.17) is 16.7 Å². The highest BCUT2D eigenvalue weighted by molar-refractivity contribution is 6.32. The highest BCUT2D eigenvalue weighted by atomic mass is 35.5. The second kappa shape index (κ2) is 2.90. The Balaban J connectivity index is 3.07. The summed E-state index contributed by atoms with van der Waals surface area (Å²) in [5, 5.41) is 11.1. The average molecular weight is 158 g/mol. The average Bonchev–Trinajstić information content (AvgIpc) is 1.88. The van der Waals surface area contributed by atoms with Crippen molar-refractivity contribution in [3.05, 3.63) is 30.3 Å². The molecule has 0 aliphatic heterocycles. The summed E-state index contributed by atoms with van der Waals surface area (Å²) < 4.78 is 0. The number of quaternary nitrogens is 1. The number of rotatable bonds is 1. The Hall–Kier alpha value is -0.730. The van der Waals surface area contributed by atoms with Crippen molar-refractivity contribution in [1.29, 1.82) is 0 Å². The third-order valence-electron chi connectivity index (χ3n) is 1.20. The lowest BCUT2D eigenvalue weighted by Crippen LogP contribution is -2.69. The maximum atomic E-state index is 8.91. The van der Waals surface area contributed by atoms with Gasteiger partial charge in [-0.2, -0.15) is 0 Å². The van der Waals surface area contributed by atoms with Gasteiger partial charge in [0.1, 0.15) is 16.5 Å². The van der Waals surface area contributed by atoms with Gasteiger partial charge >= 0.3 is 0 Å². The van der Waals surface area contributed by atoms with Gasteiger partial charge < -0.3 is 10.4 Å². The van der Waals surface area contributed by atoms with Crippen molar-refractivity contribution >= 4 is 17.3 Å². The highest BCUT2D eigenvalue weighted by Crippen LogP contribution is 2.21. The van der Waals surface area contributed by atoms with E-state index in [0.717, 1.165) is 5.69 Å². The van der Waals surface area contributed by atoms with Gasteiger partial charge in [0.2, 0.25) is 0 Å². The first-order valence-electron chi connectivity index (χ1n) is 2.85. The lowest BCUT2D eigenvalue weighted by molar-refractivity contribution is -0.504. The van der Waals surface area contributed by atoms with E-state index in [1.807, 2.05) is 0 Å². The summed E-state index contributed by atoms with van der Waals surface area (Å²) in [6.45, 7) is 0. The Labute approximate surface area is 64.4 Å². The van der Waals surface area contributed by atoms with E-state index in [0.29, 0.717) is 5.02 Å². The van der Waals surface area contributed by atoms with E-state index in [9.17, 15) is 0 Å². The molecule has 0 aromatic heterocycles. The summed E-state index contributed by atoms with van der Waals surface area (Å²) in [7, 11) is 3.56. The van der Waals surface area contributed by atoms with Gasteiger partial charge in [-0.15, -0.1) is 7.05 Å². The van der Waals surface area contributed by atoms with E-state index in [1.54, 1.807) is 17.4 Å². The normalized spacial score (nSPS) is 9.80. The minimum atomic E-state index is 0.176. The fraction of sp³-hybridized carbons (Fsp3) is 0. The molecule has 0 bridgehead atoms. The second-order valence-corrected chi connectivity index (χ2v) is 2.32. The molecule has 1 aromatic carbocycles. The third kappa shape index (κ3) is 1.40. The first kappa shape index (κ1) is 7.38. The van der Waals surface area contributed by atoms with Crippen LogP contribution in [0.5, 0.6) is 5.75 Å². The van der Waals surface area contributed by atoms with Crippen LogP contribution >= 0.6 is 11.6 Å². The highest BCUT2D eigenvalue weighted by Gasteiger charge is 1.98. The van der Waals surface area contributed by atoms with Gasteiger partial charge in [-0.05, 0) is 6.07 Å². The van der Waals surface area contributed by atoms with E-state index < -0.39 is 0 Å². The van der Waals surface area contributed by atoms with Crippen LogP contribution in [0.15, 0.2) is 18.2 Å². The van der Waals surface area contributed by atoms with Gasteiger partial charge in [-0.3, -0.25) is 0 Å². The lowest BCUT2D eigenvalue weighted by Gasteiger charge is -2.01. The number of hydrogen-bond acceptors (Lipinski definition) is 1. The summed E-state index contributed by atoms with van der Waals surface area (Å²) in [4.78, 5) is 0. The van der Waals surface area contributed by atoms with Crippen LogP contribution in [0.3, 0.4) is 0 Å². The minimum Gasteiger partial charge on any atom is -0.508 e. The summed E-state index contributed by atoms with van der Waals surface area (Å²) >= 11 is 5.70. The zero-order valence-corrected chi connectivity index (χ0v) is 6.10. The van der Waals surface area contributed by atoms with Crippen molar-refractivity contribution in [3.63, 3.8) is 0 Å². The molecule has 0 unspecified atom stereocenters. The van der Waals surface area contributed by atoms with Crippen LogP contribution in [0, 0.1) is 7.05 Å². The summed E-state index contributed by atoms with van der Waals surface area (Å²) in [6, 6.07) is 4.77. The van der Waals surface area contributed by atoms with Crippen molar-refractivity contribution in [3.8, 4) is 5.75 Å². The molecule has 2 nitrogen and oxygen atoms in total. The van der Waals surface area contributed by atoms with Gasteiger partial charge in [0, 0.05) is 12.1 Å². The van der Waals surface area contributed by atoms with Crippen LogP contribution in [-0.4, -0.2) is 5.11 Å². The van der Waals surface area contributed by atoms with E-state index in [-0.39, 0.29) is 5.75 Å². The number of halogens is 1. The molecular formula is C7H8ClNO. The van der Waals surface area contributed by atoms with E-state index in [2.05, 4.69) is 7.05 Å². The maximum Gasteiger partial charge on any atom is 0.122 e. The van der Waals surface area contributed by atoms with Gasteiger partial charge in [-0.1, -0.05) is 11.6 Å². The second-order valence-electron chi connectivity index (χ2n) is 1.91. The summed E-state index contributed by atoms with van der Waals surface area (Å²) in [5.41, 5.74) is 0.833. The number of phenols is 1. The van der Waals surface area contributed by atoms with E-state index in [1.165, 1.54) is 6.07 Å². The van der Waals surface area contributed by atoms with E-state index >= 15 is 0 Å². The molecule has 0 saturated carbocycles. The molecule has 3 heteroatoms. The lowest BCUT2D eigenvalue weighted by atomic mass is 10.3. The van der Waals surface area contributed by atoms with Crippen molar-refractivity contribution < 1.29 is 10.4 Å². The number of nitrogens with two attached hydrogens (primary N) is 1. The molecule has 0 radical (unpaired) electrons. The maximum absolute atomic E-state index is 8.91. The monoisotopic (exact) mass is 157 g/mol. The topological polar surface area (TPSA) is 36.8 Å². The minimum absolute atomic E-state index is 0.176. The zero-order chi connectivity index (χ0) is 7.56. The Bertz CT molecular complexity index is 237. The van der Waals surface area contributed by atoms with Gasteiger partial charge in [-0.25, -0.2) is 0 Å². The Morgan fingerprint density at radius 1 is 1.50 bits per heavy atom. The van der Waals surface area contributed by atoms with Crippen molar-refractivity contribution in [1.82, 2.24) is 0 Å². The van der Waals surface area contributed by atoms with Crippen LogP contribution in [-0.2, 0) is 0 Å². The molecule has 1 aromatic rings. The fourth-order valence-corrected chi connectivity index (χ4v) is 0.934. The standard InChI is InChI=1S/C7H8ClNO/c1-9-7-3-2-5(10)4-6(7)8/h2-4,10H,1,9H2. The fourth-order valence-electron chi connectivity index (χ4n) is 0.682. The molecule has 0 heterocycles. The molecule has 54 valence electrons. The predicted molar refractivity (Wildman–Crippen MR) is 40.1 cm³/mol. The number of benzene rings is 1. The van der Waals surface area contributed by atoms with Gasteiger partial charge in [0.05, 0.1) is 0 Å². The number of hydrogen-bond donors (Lipinski definition) is 2. The SMILES string of the molecule is [CH2-][NH2+]c1ccc(O)cc1Cl. The molecule has 0 amide bonds. The molecular weight excluding hydrogens is 150 g/mol. The van der Waals surface area contributed by atoms with Crippen molar-refractivity contribution in [2.24, 2.45) is 0 Å². The molecule has 3 N–H and O–H groups in total. The molecule has 0 atom stereocenters. The quantitative estimate of drug-likeness (QED) is 0.357. The summed E-state index contributed by atoms with van der Waals surface area (Å²) in [6.07, 6.45) is 0.